The van der Waals surface area contributed by atoms with E-state index in [4.69, 9.17) is 23.8 Å². The Morgan fingerprint density at radius 3 is 2.35 bits per heavy atom. The van der Waals surface area contributed by atoms with E-state index in [1.165, 1.54) is 12.0 Å². The van der Waals surface area contributed by atoms with Crippen molar-refractivity contribution >= 4 is 46.4 Å². The highest BCUT2D eigenvalue weighted by atomic mass is 35.5. The van der Waals surface area contributed by atoms with Gasteiger partial charge in [-0.3, -0.25) is 9.59 Å². The van der Waals surface area contributed by atoms with Gasteiger partial charge in [0, 0.05) is 11.7 Å². The Bertz CT molecular complexity index is 1020. The van der Waals surface area contributed by atoms with Gasteiger partial charge in [0.2, 0.25) is 5.91 Å². The first kappa shape index (κ1) is 26.2. The van der Waals surface area contributed by atoms with E-state index < -0.39 is 0 Å². The number of benzene rings is 2. The van der Waals surface area contributed by atoms with E-state index in [-0.39, 0.29) is 28.9 Å². The van der Waals surface area contributed by atoms with E-state index in [2.05, 4.69) is 41.9 Å². The molecule has 2 aromatic carbocycles. The van der Waals surface area contributed by atoms with Gasteiger partial charge in [0.1, 0.15) is 0 Å². The van der Waals surface area contributed by atoms with Crippen molar-refractivity contribution in [2.75, 3.05) is 5.32 Å². The van der Waals surface area contributed by atoms with Crippen LogP contribution < -0.4 is 16.0 Å². The van der Waals surface area contributed by atoms with Crippen molar-refractivity contribution in [1.29, 1.82) is 0 Å². The summed E-state index contributed by atoms with van der Waals surface area (Å²) in [7, 11) is 0. The van der Waals surface area contributed by atoms with Crippen LogP contribution in [0.2, 0.25) is 5.02 Å². The van der Waals surface area contributed by atoms with Crippen molar-refractivity contribution in [3.63, 3.8) is 0 Å². The van der Waals surface area contributed by atoms with Crippen LogP contribution in [0.25, 0.3) is 0 Å². The quantitative estimate of drug-likeness (QED) is 0.395. The molecule has 0 spiro atoms. The standard InChI is InChI=1S/C27H34ClN3O2S/c1-17(2)15-19-9-11-20(12-10-19)18(3)25(32)31-27(34)30-22-13-14-24(28)23(16-22)26(33)29-21-7-5-4-6-8-21/h9-14,16-18,21H,4-8,15H2,1-3H3,(H,29,33)(H2,30,31,32,34). The van der Waals surface area contributed by atoms with Crippen LogP contribution in [0, 0.1) is 5.92 Å². The molecule has 34 heavy (non-hydrogen) atoms. The Kier molecular flexibility index (Phi) is 9.48. The summed E-state index contributed by atoms with van der Waals surface area (Å²) >= 11 is 11.6. The highest BCUT2D eigenvalue weighted by molar-refractivity contribution is 7.80. The van der Waals surface area contributed by atoms with Crippen molar-refractivity contribution in [3.05, 3.63) is 64.2 Å². The molecule has 3 rings (SSSR count). The molecule has 2 aromatic rings. The Hall–Kier alpha value is -2.44. The summed E-state index contributed by atoms with van der Waals surface area (Å²) in [4.78, 5) is 25.5. The SMILES string of the molecule is CC(C)Cc1ccc(C(C)C(=O)NC(=S)Nc2ccc(Cl)c(C(=O)NC3CCCCC3)c2)cc1. The van der Waals surface area contributed by atoms with Crippen LogP contribution in [0.1, 0.15) is 80.3 Å². The Labute approximate surface area is 213 Å². The van der Waals surface area contributed by atoms with Gasteiger partial charge < -0.3 is 16.0 Å². The van der Waals surface area contributed by atoms with Crippen LogP contribution in [0.15, 0.2) is 42.5 Å². The zero-order valence-electron chi connectivity index (χ0n) is 20.1. The number of carbonyl (C=O) groups excluding carboxylic acids is 2. The molecule has 0 aliphatic heterocycles. The summed E-state index contributed by atoms with van der Waals surface area (Å²) in [5, 5.41) is 9.38. The molecule has 1 aliphatic rings. The largest absolute Gasteiger partial charge is 0.349 e. The van der Waals surface area contributed by atoms with Crippen LogP contribution in [0.4, 0.5) is 5.69 Å². The third-order valence-corrected chi connectivity index (χ3v) is 6.70. The molecule has 1 atom stereocenters. The summed E-state index contributed by atoms with van der Waals surface area (Å²) in [6.45, 7) is 6.22. The minimum Gasteiger partial charge on any atom is -0.349 e. The lowest BCUT2D eigenvalue weighted by Gasteiger charge is -2.23. The maximum Gasteiger partial charge on any atom is 0.253 e. The van der Waals surface area contributed by atoms with Gasteiger partial charge in [-0.1, -0.05) is 69.0 Å². The fourth-order valence-electron chi connectivity index (χ4n) is 4.23. The predicted octanol–water partition coefficient (Wildman–Crippen LogP) is 6.22. The number of thiocarbonyl (C=S) groups is 1. The number of hydrogen-bond donors (Lipinski definition) is 3. The lowest BCUT2D eigenvalue weighted by atomic mass is 9.95. The molecule has 3 N–H and O–H groups in total. The van der Waals surface area contributed by atoms with Crippen molar-refractivity contribution in [2.45, 2.75) is 71.3 Å². The summed E-state index contributed by atoms with van der Waals surface area (Å²) in [6, 6.07) is 13.4. The van der Waals surface area contributed by atoms with Crippen molar-refractivity contribution in [3.8, 4) is 0 Å². The van der Waals surface area contributed by atoms with Crippen LogP contribution in [0.5, 0.6) is 0 Å². The molecule has 1 fully saturated rings. The average Bonchev–Trinajstić information content (AvgIpc) is 2.80. The Balaban J connectivity index is 1.57. The van der Waals surface area contributed by atoms with Gasteiger partial charge in [-0.25, -0.2) is 0 Å². The number of carbonyl (C=O) groups is 2. The smallest absolute Gasteiger partial charge is 0.253 e. The molecule has 0 bridgehead atoms. The first-order valence-electron chi connectivity index (χ1n) is 12.0. The second-order valence-electron chi connectivity index (χ2n) is 9.51. The van der Waals surface area contributed by atoms with Crippen LogP contribution in [-0.4, -0.2) is 23.0 Å². The third kappa shape index (κ3) is 7.54. The van der Waals surface area contributed by atoms with E-state index in [1.807, 2.05) is 19.1 Å². The summed E-state index contributed by atoms with van der Waals surface area (Å²) in [5.74, 6) is -0.153. The van der Waals surface area contributed by atoms with E-state index in [0.717, 1.165) is 37.7 Å². The number of nitrogens with one attached hydrogen (secondary N) is 3. The molecular formula is C27H34ClN3O2S. The van der Waals surface area contributed by atoms with E-state index in [0.29, 0.717) is 22.2 Å². The summed E-state index contributed by atoms with van der Waals surface area (Å²) < 4.78 is 0. The molecule has 0 saturated heterocycles. The molecular weight excluding hydrogens is 466 g/mol. The molecule has 182 valence electrons. The van der Waals surface area contributed by atoms with E-state index >= 15 is 0 Å². The second-order valence-corrected chi connectivity index (χ2v) is 10.3. The zero-order valence-corrected chi connectivity index (χ0v) is 21.7. The molecule has 2 amide bonds. The Morgan fingerprint density at radius 1 is 1.03 bits per heavy atom. The molecule has 0 radical (unpaired) electrons. The second kappa shape index (κ2) is 12.3. The summed E-state index contributed by atoms with van der Waals surface area (Å²) in [6.07, 6.45) is 6.49. The minimum absolute atomic E-state index is 0.175. The Morgan fingerprint density at radius 2 is 1.71 bits per heavy atom. The maximum atomic E-state index is 12.8. The lowest BCUT2D eigenvalue weighted by molar-refractivity contribution is -0.120. The average molecular weight is 500 g/mol. The van der Waals surface area contributed by atoms with Gasteiger partial charge in [0.05, 0.1) is 16.5 Å². The van der Waals surface area contributed by atoms with Crippen LogP contribution in [0.3, 0.4) is 0 Å². The predicted molar refractivity (Wildman–Crippen MR) is 144 cm³/mol. The fourth-order valence-corrected chi connectivity index (χ4v) is 4.66. The van der Waals surface area contributed by atoms with Crippen molar-refractivity contribution in [1.82, 2.24) is 10.6 Å². The van der Waals surface area contributed by atoms with Crippen molar-refractivity contribution < 1.29 is 9.59 Å². The fraction of sp³-hybridized carbons (Fsp3) is 0.444. The van der Waals surface area contributed by atoms with Gasteiger partial charge >= 0.3 is 0 Å². The van der Waals surface area contributed by atoms with E-state index in [1.54, 1.807) is 18.2 Å². The van der Waals surface area contributed by atoms with Gasteiger partial charge in [-0.05, 0) is 73.6 Å². The summed E-state index contributed by atoms with van der Waals surface area (Å²) in [5.41, 5.74) is 3.17. The highest BCUT2D eigenvalue weighted by Crippen LogP contribution is 2.23. The molecule has 0 aromatic heterocycles. The monoisotopic (exact) mass is 499 g/mol. The lowest BCUT2D eigenvalue weighted by Crippen LogP contribution is -2.37. The van der Waals surface area contributed by atoms with Gasteiger partial charge in [-0.15, -0.1) is 0 Å². The molecule has 1 saturated carbocycles. The minimum atomic E-state index is -0.352. The molecule has 0 heterocycles. The number of halogens is 1. The van der Waals surface area contributed by atoms with Crippen LogP contribution in [-0.2, 0) is 11.2 Å². The normalized spacial score (nSPS) is 15.0. The zero-order chi connectivity index (χ0) is 24.7. The van der Waals surface area contributed by atoms with Gasteiger partial charge in [0.25, 0.3) is 5.91 Å². The molecule has 7 heteroatoms. The molecule has 1 unspecified atom stereocenters. The maximum absolute atomic E-state index is 12.8. The number of amides is 2. The van der Waals surface area contributed by atoms with Gasteiger partial charge in [0.15, 0.2) is 5.11 Å². The highest BCUT2D eigenvalue weighted by Gasteiger charge is 2.20. The number of rotatable bonds is 7. The van der Waals surface area contributed by atoms with Crippen molar-refractivity contribution in [2.24, 2.45) is 5.92 Å². The van der Waals surface area contributed by atoms with E-state index in [9.17, 15) is 9.59 Å². The third-order valence-electron chi connectivity index (χ3n) is 6.16. The van der Waals surface area contributed by atoms with Gasteiger partial charge in [-0.2, -0.15) is 0 Å². The van der Waals surface area contributed by atoms with Crippen LogP contribution >= 0.6 is 23.8 Å². The first-order valence-corrected chi connectivity index (χ1v) is 12.8. The molecule has 5 nitrogen and oxygen atoms in total. The number of anilines is 1. The first-order chi connectivity index (χ1) is 16.2. The molecule has 1 aliphatic carbocycles. The topological polar surface area (TPSA) is 70.2 Å². The number of hydrogen-bond acceptors (Lipinski definition) is 3.